The third-order valence-corrected chi connectivity index (χ3v) is 4.14. The van der Waals surface area contributed by atoms with Crippen LogP contribution < -0.4 is 15.8 Å². The van der Waals surface area contributed by atoms with E-state index in [2.05, 4.69) is 4.90 Å². The minimum absolute atomic E-state index is 0.112. The summed E-state index contributed by atoms with van der Waals surface area (Å²) < 4.78 is 22.7. The first-order chi connectivity index (χ1) is 8.41. The Morgan fingerprint density at radius 2 is 2.06 bits per heavy atom. The van der Waals surface area contributed by atoms with Gasteiger partial charge in [0.1, 0.15) is 0 Å². The fourth-order valence-electron chi connectivity index (χ4n) is 1.98. The van der Waals surface area contributed by atoms with Crippen LogP contribution in [0, 0.1) is 5.92 Å². The molecule has 0 aliphatic heterocycles. The maximum absolute atomic E-state index is 11.4. The van der Waals surface area contributed by atoms with Crippen LogP contribution in [0.3, 0.4) is 0 Å². The van der Waals surface area contributed by atoms with E-state index in [1.807, 2.05) is 6.92 Å². The molecule has 0 aromatic heterocycles. The van der Waals surface area contributed by atoms with Crippen molar-refractivity contribution in [1.29, 1.82) is 0 Å². The minimum Gasteiger partial charge on any atom is -0.397 e. The van der Waals surface area contributed by atoms with E-state index < -0.39 is 10.0 Å². The Morgan fingerprint density at radius 3 is 2.56 bits per heavy atom. The first kappa shape index (κ1) is 13.2. The van der Waals surface area contributed by atoms with Gasteiger partial charge in [0.25, 0.3) is 0 Å². The van der Waals surface area contributed by atoms with E-state index >= 15 is 0 Å². The van der Waals surface area contributed by atoms with Crippen molar-refractivity contribution in [2.75, 3.05) is 23.7 Å². The molecule has 0 atom stereocenters. The summed E-state index contributed by atoms with van der Waals surface area (Å²) >= 11 is 0. The molecule has 4 N–H and O–H groups in total. The van der Waals surface area contributed by atoms with Crippen LogP contribution in [0.1, 0.15) is 19.8 Å². The summed E-state index contributed by atoms with van der Waals surface area (Å²) in [6.07, 6.45) is 2.48. The molecule has 1 aromatic carbocycles. The van der Waals surface area contributed by atoms with Crippen LogP contribution >= 0.6 is 0 Å². The highest BCUT2D eigenvalue weighted by Gasteiger charge is 2.25. The number of anilines is 2. The van der Waals surface area contributed by atoms with Crippen LogP contribution in [-0.2, 0) is 10.0 Å². The van der Waals surface area contributed by atoms with E-state index in [1.165, 1.54) is 18.9 Å². The van der Waals surface area contributed by atoms with E-state index in [-0.39, 0.29) is 4.90 Å². The molecule has 0 unspecified atom stereocenters. The number of sulfonamides is 1. The zero-order valence-corrected chi connectivity index (χ0v) is 11.3. The van der Waals surface area contributed by atoms with Gasteiger partial charge >= 0.3 is 0 Å². The van der Waals surface area contributed by atoms with Crippen molar-refractivity contribution in [2.24, 2.45) is 11.1 Å². The number of hydrogen-bond acceptors (Lipinski definition) is 4. The molecular weight excluding hydrogens is 250 g/mol. The van der Waals surface area contributed by atoms with Crippen molar-refractivity contribution >= 4 is 21.4 Å². The summed E-state index contributed by atoms with van der Waals surface area (Å²) in [6.45, 7) is 3.76. The maximum Gasteiger partial charge on any atom is 0.238 e. The normalized spacial score (nSPS) is 15.7. The predicted molar refractivity (Wildman–Crippen MR) is 72.8 cm³/mol. The number of primary sulfonamides is 1. The molecule has 0 spiro atoms. The quantitative estimate of drug-likeness (QED) is 0.785. The molecule has 0 amide bonds. The lowest BCUT2D eigenvalue weighted by molar-refractivity contribution is 0.597. The summed E-state index contributed by atoms with van der Waals surface area (Å²) in [6, 6.07) is 4.61. The summed E-state index contributed by atoms with van der Waals surface area (Å²) in [4.78, 5) is 2.22. The van der Waals surface area contributed by atoms with Gasteiger partial charge in [-0.3, -0.25) is 0 Å². The Hall–Kier alpha value is -1.27. The second-order valence-corrected chi connectivity index (χ2v) is 6.31. The van der Waals surface area contributed by atoms with E-state index in [0.29, 0.717) is 11.6 Å². The zero-order chi connectivity index (χ0) is 13.3. The second kappa shape index (κ2) is 4.78. The van der Waals surface area contributed by atoms with Crippen molar-refractivity contribution in [1.82, 2.24) is 0 Å². The van der Waals surface area contributed by atoms with Crippen molar-refractivity contribution in [3.63, 3.8) is 0 Å². The Balaban J connectivity index is 2.34. The first-order valence-corrected chi connectivity index (χ1v) is 7.63. The standard InChI is InChI=1S/C12H19N3O2S/c1-2-15(8-9-3-4-9)12-7-10(18(14,16)17)5-6-11(12)13/h5-7,9H,2-4,8,13H2,1H3,(H2,14,16,17). The van der Waals surface area contributed by atoms with E-state index in [0.717, 1.165) is 18.8 Å². The van der Waals surface area contributed by atoms with Crippen molar-refractivity contribution in [3.05, 3.63) is 18.2 Å². The first-order valence-electron chi connectivity index (χ1n) is 6.09. The Labute approximate surface area is 108 Å². The fraction of sp³-hybridized carbons (Fsp3) is 0.500. The molecule has 1 fully saturated rings. The molecule has 1 aliphatic carbocycles. The molecule has 0 radical (unpaired) electrons. The topological polar surface area (TPSA) is 89.4 Å². The van der Waals surface area contributed by atoms with E-state index in [1.54, 1.807) is 12.1 Å². The monoisotopic (exact) mass is 269 g/mol. The van der Waals surface area contributed by atoms with Gasteiger partial charge in [-0.25, -0.2) is 13.6 Å². The van der Waals surface area contributed by atoms with Crippen LogP contribution in [0.4, 0.5) is 11.4 Å². The van der Waals surface area contributed by atoms with Crippen LogP contribution in [0.25, 0.3) is 0 Å². The van der Waals surface area contributed by atoms with Gasteiger partial charge in [0.05, 0.1) is 16.3 Å². The number of hydrogen-bond donors (Lipinski definition) is 2. The molecule has 6 heteroatoms. The van der Waals surface area contributed by atoms with Crippen molar-refractivity contribution < 1.29 is 8.42 Å². The highest BCUT2D eigenvalue weighted by atomic mass is 32.2. The summed E-state index contributed by atoms with van der Waals surface area (Å²) in [5, 5.41) is 5.14. The van der Waals surface area contributed by atoms with Crippen LogP contribution in [0.5, 0.6) is 0 Å². The molecule has 5 nitrogen and oxygen atoms in total. The van der Waals surface area contributed by atoms with Crippen LogP contribution in [-0.4, -0.2) is 21.5 Å². The van der Waals surface area contributed by atoms with Crippen molar-refractivity contribution in [3.8, 4) is 0 Å². The van der Waals surface area contributed by atoms with Gasteiger partial charge in [-0.15, -0.1) is 0 Å². The number of nitrogens with zero attached hydrogens (tertiary/aromatic N) is 1. The molecule has 1 saturated carbocycles. The van der Waals surface area contributed by atoms with Gasteiger partial charge in [-0.2, -0.15) is 0 Å². The molecule has 0 saturated heterocycles. The number of nitrogens with two attached hydrogens (primary N) is 2. The fourth-order valence-corrected chi connectivity index (χ4v) is 2.52. The molecule has 1 aromatic rings. The molecule has 2 rings (SSSR count). The average molecular weight is 269 g/mol. The average Bonchev–Trinajstić information content (AvgIpc) is 3.09. The highest BCUT2D eigenvalue weighted by Crippen LogP contribution is 2.33. The molecule has 0 bridgehead atoms. The largest absolute Gasteiger partial charge is 0.397 e. The lowest BCUT2D eigenvalue weighted by Gasteiger charge is -2.25. The number of benzene rings is 1. The van der Waals surface area contributed by atoms with Gasteiger partial charge < -0.3 is 10.6 Å². The maximum atomic E-state index is 11.4. The van der Waals surface area contributed by atoms with E-state index in [9.17, 15) is 8.42 Å². The van der Waals surface area contributed by atoms with Crippen molar-refractivity contribution in [2.45, 2.75) is 24.7 Å². The lowest BCUT2D eigenvalue weighted by atomic mass is 10.2. The van der Waals surface area contributed by atoms with Gasteiger partial charge in [0, 0.05) is 13.1 Å². The molecule has 18 heavy (non-hydrogen) atoms. The third kappa shape index (κ3) is 2.94. The molecule has 100 valence electrons. The zero-order valence-electron chi connectivity index (χ0n) is 10.5. The molecular formula is C12H19N3O2S. The predicted octanol–water partition coefficient (Wildman–Crippen LogP) is 1.15. The summed E-state index contributed by atoms with van der Waals surface area (Å²) in [5.41, 5.74) is 7.28. The van der Waals surface area contributed by atoms with Gasteiger partial charge in [0.15, 0.2) is 0 Å². The Bertz CT molecular complexity index is 538. The highest BCUT2D eigenvalue weighted by molar-refractivity contribution is 7.89. The van der Waals surface area contributed by atoms with Crippen LogP contribution in [0.2, 0.25) is 0 Å². The molecule has 1 aliphatic rings. The van der Waals surface area contributed by atoms with Crippen LogP contribution in [0.15, 0.2) is 23.1 Å². The smallest absolute Gasteiger partial charge is 0.238 e. The van der Waals surface area contributed by atoms with Gasteiger partial charge in [0.2, 0.25) is 10.0 Å². The summed E-state index contributed by atoms with van der Waals surface area (Å²) in [5.74, 6) is 0.711. The third-order valence-electron chi connectivity index (χ3n) is 3.23. The second-order valence-electron chi connectivity index (χ2n) is 4.75. The Kier molecular flexibility index (Phi) is 3.49. The van der Waals surface area contributed by atoms with E-state index in [4.69, 9.17) is 10.9 Å². The van der Waals surface area contributed by atoms with Gasteiger partial charge in [-0.1, -0.05) is 0 Å². The number of rotatable bonds is 5. The Morgan fingerprint density at radius 1 is 1.39 bits per heavy atom. The summed E-state index contributed by atoms with van der Waals surface area (Å²) in [7, 11) is -3.68. The number of nitrogen functional groups attached to an aromatic ring is 1. The minimum atomic E-state index is -3.68. The molecule has 0 heterocycles. The lowest BCUT2D eigenvalue weighted by Crippen LogP contribution is -2.26. The SMILES string of the molecule is CCN(CC1CC1)c1cc(S(N)(=O)=O)ccc1N. The van der Waals surface area contributed by atoms with Gasteiger partial charge in [-0.05, 0) is 43.9 Å².